The van der Waals surface area contributed by atoms with Crippen LogP contribution in [0.1, 0.15) is 52.9 Å². The summed E-state index contributed by atoms with van der Waals surface area (Å²) in [7, 11) is 1.84. The summed E-state index contributed by atoms with van der Waals surface area (Å²) in [4.78, 5) is 11.6. The molecule has 0 aliphatic rings. The van der Waals surface area contributed by atoms with Gasteiger partial charge in [0.05, 0.1) is 5.54 Å². The van der Waals surface area contributed by atoms with Gasteiger partial charge in [-0.25, -0.2) is 0 Å². The minimum absolute atomic E-state index is 0.325. The summed E-state index contributed by atoms with van der Waals surface area (Å²) < 4.78 is 0. The summed E-state index contributed by atoms with van der Waals surface area (Å²) in [5, 5.41) is 3.03. The molecule has 0 atom stereocenters. The van der Waals surface area contributed by atoms with Gasteiger partial charge in [0.25, 0.3) is 0 Å². The van der Waals surface area contributed by atoms with Gasteiger partial charge in [0, 0.05) is 6.42 Å². The number of ketones is 1. The van der Waals surface area contributed by atoms with Crippen molar-refractivity contribution in [3.05, 3.63) is 0 Å². The first kappa shape index (κ1) is 12.6. The number of rotatable bonds is 7. The number of nitrogens with one attached hydrogen (secondary N) is 1. The molecule has 0 unspecified atom stereocenters. The number of carbonyl (C=O) groups excluding carboxylic acids is 1. The van der Waals surface area contributed by atoms with E-state index in [0.717, 1.165) is 6.42 Å². The van der Waals surface area contributed by atoms with E-state index in [1.165, 1.54) is 19.3 Å². The molecule has 0 aliphatic carbocycles. The molecule has 0 radical (unpaired) electrons. The van der Waals surface area contributed by atoms with Crippen LogP contribution >= 0.6 is 0 Å². The lowest BCUT2D eigenvalue weighted by atomic mass is 9.95. The van der Waals surface area contributed by atoms with E-state index in [-0.39, 0.29) is 5.54 Å². The van der Waals surface area contributed by atoms with E-state index in [9.17, 15) is 4.79 Å². The number of hydrogen-bond acceptors (Lipinski definition) is 2. The second-order valence-electron chi connectivity index (χ2n) is 4.11. The quantitative estimate of drug-likeness (QED) is 0.617. The van der Waals surface area contributed by atoms with Crippen LogP contribution in [0.5, 0.6) is 0 Å². The average Bonchev–Trinajstić information content (AvgIpc) is 2.12. The second kappa shape index (κ2) is 6.14. The van der Waals surface area contributed by atoms with Crippen LogP contribution in [0.4, 0.5) is 0 Å². The third-order valence-corrected chi connectivity index (χ3v) is 2.58. The van der Waals surface area contributed by atoms with Crippen molar-refractivity contribution in [1.29, 1.82) is 0 Å². The average molecular weight is 185 g/mol. The molecule has 0 aromatic rings. The zero-order chi connectivity index (χ0) is 10.3. The van der Waals surface area contributed by atoms with Crippen LogP contribution < -0.4 is 5.32 Å². The lowest BCUT2D eigenvalue weighted by Crippen LogP contribution is -2.44. The van der Waals surface area contributed by atoms with Gasteiger partial charge in [0.1, 0.15) is 0 Å². The van der Waals surface area contributed by atoms with Crippen LogP contribution in [-0.2, 0) is 4.79 Å². The van der Waals surface area contributed by atoms with Crippen molar-refractivity contribution in [3.63, 3.8) is 0 Å². The fraction of sp³-hybridized carbons (Fsp3) is 0.909. The Morgan fingerprint density at radius 1 is 1.23 bits per heavy atom. The van der Waals surface area contributed by atoms with Crippen LogP contribution in [0.15, 0.2) is 0 Å². The highest BCUT2D eigenvalue weighted by Gasteiger charge is 2.23. The molecule has 0 rings (SSSR count). The molecule has 0 amide bonds. The van der Waals surface area contributed by atoms with E-state index in [1.54, 1.807) is 0 Å². The summed E-state index contributed by atoms with van der Waals surface area (Å²) in [5.41, 5.74) is -0.341. The van der Waals surface area contributed by atoms with Crippen molar-refractivity contribution in [2.45, 2.75) is 58.4 Å². The molecule has 0 aromatic heterocycles. The normalized spacial score (nSPS) is 11.7. The Hall–Kier alpha value is -0.370. The molecule has 0 saturated heterocycles. The Morgan fingerprint density at radius 3 is 2.31 bits per heavy atom. The minimum atomic E-state index is -0.341. The second-order valence-corrected chi connectivity index (χ2v) is 4.11. The van der Waals surface area contributed by atoms with E-state index >= 15 is 0 Å². The zero-order valence-electron chi connectivity index (χ0n) is 9.44. The van der Waals surface area contributed by atoms with Crippen molar-refractivity contribution in [2.24, 2.45) is 0 Å². The first-order chi connectivity index (χ1) is 6.04. The van der Waals surface area contributed by atoms with E-state index in [4.69, 9.17) is 0 Å². The predicted molar refractivity (Wildman–Crippen MR) is 56.9 cm³/mol. The number of Topliss-reactive ketones (excluding diaryl/α,β-unsaturated/α-hetero) is 1. The van der Waals surface area contributed by atoms with Gasteiger partial charge in [0.2, 0.25) is 0 Å². The molecular weight excluding hydrogens is 162 g/mol. The van der Waals surface area contributed by atoms with Crippen molar-refractivity contribution in [3.8, 4) is 0 Å². The highest BCUT2D eigenvalue weighted by molar-refractivity contribution is 5.87. The molecule has 2 heteroatoms. The monoisotopic (exact) mass is 185 g/mol. The topological polar surface area (TPSA) is 29.1 Å². The molecule has 0 spiro atoms. The summed E-state index contributed by atoms with van der Waals surface area (Å²) in [5.74, 6) is 0.325. The van der Waals surface area contributed by atoms with Gasteiger partial charge in [0.15, 0.2) is 5.78 Å². The molecule has 2 nitrogen and oxygen atoms in total. The summed E-state index contributed by atoms with van der Waals surface area (Å²) in [6, 6.07) is 0. The van der Waals surface area contributed by atoms with Crippen molar-refractivity contribution < 1.29 is 4.79 Å². The maximum absolute atomic E-state index is 11.6. The number of likely N-dealkylation sites (N-methyl/N-ethyl adjacent to an activating group) is 1. The Bertz CT molecular complexity index is 152. The lowest BCUT2D eigenvalue weighted by Gasteiger charge is -2.22. The molecule has 0 bridgehead atoms. The SMILES string of the molecule is CCCCCCC(=O)C(C)(C)NC. The van der Waals surface area contributed by atoms with E-state index < -0.39 is 0 Å². The summed E-state index contributed by atoms with van der Waals surface area (Å²) in [6.45, 7) is 6.06. The molecular formula is C11H23NO. The Balaban J connectivity index is 3.62. The van der Waals surface area contributed by atoms with E-state index in [2.05, 4.69) is 12.2 Å². The van der Waals surface area contributed by atoms with Gasteiger partial charge < -0.3 is 5.32 Å². The van der Waals surface area contributed by atoms with Gasteiger partial charge in [-0.1, -0.05) is 26.2 Å². The molecule has 0 aromatic carbocycles. The third-order valence-electron chi connectivity index (χ3n) is 2.58. The van der Waals surface area contributed by atoms with E-state index in [0.29, 0.717) is 12.2 Å². The van der Waals surface area contributed by atoms with Gasteiger partial charge >= 0.3 is 0 Å². The van der Waals surface area contributed by atoms with Gasteiger partial charge in [-0.2, -0.15) is 0 Å². The van der Waals surface area contributed by atoms with Crippen LogP contribution in [0.25, 0.3) is 0 Å². The molecule has 0 heterocycles. The fourth-order valence-electron chi connectivity index (χ4n) is 1.16. The number of hydrogen-bond donors (Lipinski definition) is 1. The zero-order valence-corrected chi connectivity index (χ0v) is 9.44. The molecule has 1 N–H and O–H groups in total. The smallest absolute Gasteiger partial charge is 0.152 e. The first-order valence-electron chi connectivity index (χ1n) is 5.26. The van der Waals surface area contributed by atoms with Gasteiger partial charge in [-0.15, -0.1) is 0 Å². The maximum Gasteiger partial charge on any atom is 0.152 e. The van der Waals surface area contributed by atoms with Crippen LogP contribution in [0.3, 0.4) is 0 Å². The highest BCUT2D eigenvalue weighted by atomic mass is 16.1. The predicted octanol–water partition coefficient (Wildman–Crippen LogP) is 2.52. The summed E-state index contributed by atoms with van der Waals surface area (Å²) in [6.07, 6.45) is 5.41. The molecule has 0 aliphatic heterocycles. The lowest BCUT2D eigenvalue weighted by molar-refractivity contribution is -0.124. The van der Waals surface area contributed by atoms with Crippen molar-refractivity contribution in [1.82, 2.24) is 5.32 Å². The minimum Gasteiger partial charge on any atom is -0.308 e. The molecule has 0 saturated carbocycles. The van der Waals surface area contributed by atoms with Crippen molar-refractivity contribution in [2.75, 3.05) is 7.05 Å². The van der Waals surface area contributed by atoms with E-state index in [1.807, 2.05) is 20.9 Å². The molecule has 78 valence electrons. The first-order valence-corrected chi connectivity index (χ1v) is 5.26. The highest BCUT2D eigenvalue weighted by Crippen LogP contribution is 2.10. The number of carbonyl (C=O) groups is 1. The van der Waals surface area contributed by atoms with Gasteiger partial charge in [-0.3, -0.25) is 4.79 Å². The Labute approximate surface area is 82.1 Å². The summed E-state index contributed by atoms with van der Waals surface area (Å²) >= 11 is 0. The Kier molecular flexibility index (Phi) is 5.97. The van der Waals surface area contributed by atoms with Crippen LogP contribution in [0, 0.1) is 0 Å². The largest absolute Gasteiger partial charge is 0.308 e. The van der Waals surface area contributed by atoms with Crippen LogP contribution in [-0.4, -0.2) is 18.4 Å². The molecule has 13 heavy (non-hydrogen) atoms. The maximum atomic E-state index is 11.6. The van der Waals surface area contributed by atoms with Crippen molar-refractivity contribution >= 4 is 5.78 Å². The standard InChI is InChI=1S/C11H23NO/c1-5-6-7-8-9-10(13)11(2,3)12-4/h12H,5-9H2,1-4H3. The third kappa shape index (κ3) is 5.04. The Morgan fingerprint density at radius 2 is 1.85 bits per heavy atom. The van der Waals surface area contributed by atoms with Gasteiger partial charge in [-0.05, 0) is 27.3 Å². The molecule has 0 fully saturated rings. The van der Waals surface area contributed by atoms with Crippen LogP contribution in [0.2, 0.25) is 0 Å². The fourth-order valence-corrected chi connectivity index (χ4v) is 1.16. The number of unbranched alkanes of at least 4 members (excludes halogenated alkanes) is 3.